The third kappa shape index (κ3) is 2.31. The standard InChI is InChI=1S/C16H19ClN4/c17-13-9-18-7-5-15(13)20-8-6-12(10-20)21-11-19-14-3-1-2-4-16(14)21/h5,7,9,11-12H,1-4,6,8,10H2. The largest absolute Gasteiger partial charge is 0.368 e. The molecule has 0 radical (unpaired) electrons. The third-order valence-corrected chi connectivity index (χ3v) is 5.00. The zero-order chi connectivity index (χ0) is 14.2. The number of rotatable bonds is 2. The predicted octanol–water partition coefficient (Wildman–Crippen LogP) is 3.26. The molecule has 1 aliphatic carbocycles. The summed E-state index contributed by atoms with van der Waals surface area (Å²) in [5.74, 6) is 0. The highest BCUT2D eigenvalue weighted by Crippen LogP contribution is 2.33. The van der Waals surface area contributed by atoms with Crippen molar-refractivity contribution in [1.29, 1.82) is 0 Å². The minimum Gasteiger partial charge on any atom is -0.368 e. The lowest BCUT2D eigenvalue weighted by Crippen LogP contribution is -2.22. The van der Waals surface area contributed by atoms with Crippen LogP contribution in [0.3, 0.4) is 0 Å². The number of aryl methyl sites for hydroxylation is 1. The van der Waals surface area contributed by atoms with Crippen LogP contribution in [0.1, 0.15) is 36.7 Å². The van der Waals surface area contributed by atoms with Gasteiger partial charge in [-0.3, -0.25) is 4.98 Å². The first-order chi connectivity index (χ1) is 10.3. The Morgan fingerprint density at radius 1 is 1.24 bits per heavy atom. The Bertz CT molecular complexity index is 651. The number of aromatic nitrogens is 3. The van der Waals surface area contributed by atoms with E-state index in [9.17, 15) is 0 Å². The summed E-state index contributed by atoms with van der Waals surface area (Å²) in [6.07, 6.45) is 11.7. The summed E-state index contributed by atoms with van der Waals surface area (Å²) in [6, 6.07) is 2.53. The molecule has 1 unspecified atom stereocenters. The number of imidazole rings is 1. The topological polar surface area (TPSA) is 34.0 Å². The van der Waals surface area contributed by atoms with Crippen molar-refractivity contribution < 1.29 is 0 Å². The Labute approximate surface area is 129 Å². The molecule has 21 heavy (non-hydrogen) atoms. The average Bonchev–Trinajstić information content (AvgIpc) is 3.14. The van der Waals surface area contributed by atoms with Gasteiger partial charge in [0.05, 0.1) is 28.8 Å². The Hall–Kier alpha value is -1.55. The average molecular weight is 303 g/mol. The van der Waals surface area contributed by atoms with Crippen LogP contribution in [-0.4, -0.2) is 27.6 Å². The number of nitrogens with zero attached hydrogens (tertiary/aromatic N) is 4. The maximum absolute atomic E-state index is 6.27. The molecule has 110 valence electrons. The van der Waals surface area contributed by atoms with Gasteiger partial charge < -0.3 is 9.47 Å². The fourth-order valence-corrected chi connectivity index (χ4v) is 3.86. The van der Waals surface area contributed by atoms with Crippen LogP contribution in [0, 0.1) is 0 Å². The first-order valence-electron chi connectivity index (χ1n) is 7.72. The second-order valence-corrected chi connectivity index (χ2v) is 6.38. The van der Waals surface area contributed by atoms with E-state index >= 15 is 0 Å². The van der Waals surface area contributed by atoms with Crippen molar-refractivity contribution in [1.82, 2.24) is 14.5 Å². The molecule has 0 aromatic carbocycles. The maximum atomic E-state index is 6.27. The summed E-state index contributed by atoms with van der Waals surface area (Å²) in [7, 11) is 0. The lowest BCUT2D eigenvalue weighted by Gasteiger charge is -2.22. The molecule has 3 heterocycles. The number of anilines is 1. The summed E-state index contributed by atoms with van der Waals surface area (Å²) < 4.78 is 2.42. The molecule has 0 saturated carbocycles. The van der Waals surface area contributed by atoms with Gasteiger partial charge in [-0.2, -0.15) is 0 Å². The molecule has 4 rings (SSSR count). The molecule has 5 heteroatoms. The van der Waals surface area contributed by atoms with Crippen LogP contribution >= 0.6 is 11.6 Å². The maximum Gasteiger partial charge on any atom is 0.0954 e. The third-order valence-electron chi connectivity index (χ3n) is 4.71. The molecule has 0 bridgehead atoms. The Morgan fingerprint density at radius 2 is 2.14 bits per heavy atom. The molecule has 1 aliphatic heterocycles. The van der Waals surface area contributed by atoms with Gasteiger partial charge in [0.15, 0.2) is 0 Å². The van der Waals surface area contributed by atoms with Gasteiger partial charge in [-0.15, -0.1) is 0 Å². The fourth-order valence-electron chi connectivity index (χ4n) is 3.62. The number of halogens is 1. The predicted molar refractivity (Wildman–Crippen MR) is 84.0 cm³/mol. The van der Waals surface area contributed by atoms with Gasteiger partial charge in [-0.1, -0.05) is 11.6 Å². The highest BCUT2D eigenvalue weighted by atomic mass is 35.5. The van der Waals surface area contributed by atoms with Gasteiger partial charge >= 0.3 is 0 Å². The molecule has 4 nitrogen and oxygen atoms in total. The van der Waals surface area contributed by atoms with E-state index in [-0.39, 0.29) is 0 Å². The van der Waals surface area contributed by atoms with Crippen molar-refractivity contribution in [3.05, 3.63) is 41.2 Å². The van der Waals surface area contributed by atoms with E-state index < -0.39 is 0 Å². The molecule has 2 aromatic rings. The molecule has 0 N–H and O–H groups in total. The first kappa shape index (κ1) is 13.1. The highest BCUT2D eigenvalue weighted by molar-refractivity contribution is 6.33. The summed E-state index contributed by atoms with van der Waals surface area (Å²) in [5, 5.41) is 0.741. The summed E-state index contributed by atoms with van der Waals surface area (Å²) in [6.45, 7) is 2.05. The fraction of sp³-hybridized carbons (Fsp3) is 0.500. The van der Waals surface area contributed by atoms with Crippen LogP contribution < -0.4 is 4.90 Å². The van der Waals surface area contributed by atoms with Crippen molar-refractivity contribution in [3.63, 3.8) is 0 Å². The van der Waals surface area contributed by atoms with Crippen LogP contribution in [0.4, 0.5) is 5.69 Å². The molecule has 1 atom stereocenters. The van der Waals surface area contributed by atoms with Crippen molar-refractivity contribution in [2.45, 2.75) is 38.1 Å². The summed E-state index contributed by atoms with van der Waals surface area (Å²) >= 11 is 6.27. The van der Waals surface area contributed by atoms with Gasteiger partial charge in [-0.25, -0.2) is 4.98 Å². The van der Waals surface area contributed by atoms with E-state index in [2.05, 4.69) is 25.8 Å². The summed E-state index contributed by atoms with van der Waals surface area (Å²) in [5.41, 5.74) is 3.89. The van der Waals surface area contributed by atoms with Crippen molar-refractivity contribution in [2.24, 2.45) is 0 Å². The van der Waals surface area contributed by atoms with Crippen LogP contribution in [0.2, 0.25) is 5.02 Å². The second-order valence-electron chi connectivity index (χ2n) is 5.97. The Balaban J connectivity index is 1.57. The lowest BCUT2D eigenvalue weighted by atomic mass is 10.0. The molecule has 0 spiro atoms. The van der Waals surface area contributed by atoms with Gasteiger partial charge in [0.2, 0.25) is 0 Å². The van der Waals surface area contributed by atoms with Crippen molar-refractivity contribution >= 4 is 17.3 Å². The molecular weight excluding hydrogens is 284 g/mol. The van der Waals surface area contributed by atoms with Gasteiger partial charge in [-0.05, 0) is 38.2 Å². The van der Waals surface area contributed by atoms with Crippen LogP contribution in [0.25, 0.3) is 0 Å². The molecule has 0 amide bonds. The Kier molecular flexibility index (Phi) is 3.34. The van der Waals surface area contributed by atoms with Crippen LogP contribution in [0.5, 0.6) is 0 Å². The van der Waals surface area contributed by atoms with E-state index in [1.165, 1.54) is 30.7 Å². The number of hydrogen-bond acceptors (Lipinski definition) is 3. The number of fused-ring (bicyclic) bond motifs is 1. The van der Waals surface area contributed by atoms with Crippen molar-refractivity contribution in [2.75, 3.05) is 18.0 Å². The SMILES string of the molecule is Clc1cnccc1N1CCC(n2cnc3c2CCCC3)C1. The number of pyridine rings is 1. The lowest BCUT2D eigenvalue weighted by molar-refractivity contribution is 0.515. The highest BCUT2D eigenvalue weighted by Gasteiger charge is 2.28. The monoisotopic (exact) mass is 302 g/mol. The number of hydrogen-bond donors (Lipinski definition) is 0. The first-order valence-corrected chi connectivity index (χ1v) is 8.10. The van der Waals surface area contributed by atoms with Crippen LogP contribution in [0.15, 0.2) is 24.8 Å². The minimum absolute atomic E-state index is 0.517. The van der Waals surface area contributed by atoms with E-state index in [0.717, 1.165) is 36.6 Å². The van der Waals surface area contributed by atoms with Crippen molar-refractivity contribution in [3.8, 4) is 0 Å². The van der Waals surface area contributed by atoms with Crippen LogP contribution in [-0.2, 0) is 12.8 Å². The van der Waals surface area contributed by atoms with Gasteiger partial charge in [0.1, 0.15) is 0 Å². The molecule has 2 aliphatic rings. The quantitative estimate of drug-likeness (QED) is 0.854. The minimum atomic E-state index is 0.517. The van der Waals surface area contributed by atoms with E-state index in [0.29, 0.717) is 6.04 Å². The van der Waals surface area contributed by atoms with E-state index in [1.807, 2.05) is 12.3 Å². The van der Waals surface area contributed by atoms with Gasteiger partial charge in [0.25, 0.3) is 0 Å². The van der Waals surface area contributed by atoms with E-state index in [1.54, 1.807) is 6.20 Å². The molecule has 2 aromatic heterocycles. The normalized spacial score (nSPS) is 21.6. The molecule has 1 fully saturated rings. The smallest absolute Gasteiger partial charge is 0.0954 e. The second kappa shape index (κ2) is 5.34. The zero-order valence-corrected chi connectivity index (χ0v) is 12.8. The molecular formula is C16H19ClN4. The Morgan fingerprint density at radius 3 is 3.05 bits per heavy atom. The zero-order valence-electron chi connectivity index (χ0n) is 12.0. The molecule has 1 saturated heterocycles. The summed E-state index contributed by atoms with van der Waals surface area (Å²) in [4.78, 5) is 11.1. The van der Waals surface area contributed by atoms with Gasteiger partial charge in [0, 0.05) is 31.2 Å². The van der Waals surface area contributed by atoms with E-state index in [4.69, 9.17) is 11.6 Å².